The molecule has 1 heterocycles. The third-order valence-corrected chi connectivity index (χ3v) is 4.58. The molecule has 0 fully saturated rings. The van der Waals surface area contributed by atoms with Crippen LogP contribution in [0.1, 0.15) is 17.7 Å². The normalized spacial score (nSPS) is 11.1. The van der Waals surface area contributed by atoms with Crippen LogP contribution in [0.25, 0.3) is 0 Å². The summed E-state index contributed by atoms with van der Waals surface area (Å²) < 4.78 is 25.0. The second-order valence-corrected chi connectivity index (χ2v) is 8.20. The highest BCUT2D eigenvalue weighted by molar-refractivity contribution is 7.92. The maximum absolute atomic E-state index is 12.0. The highest BCUT2D eigenvalue weighted by Gasteiger charge is 2.08. The van der Waals surface area contributed by atoms with Crippen molar-refractivity contribution in [3.05, 3.63) is 34.8 Å². The molecule has 10 heteroatoms. The first-order valence-corrected chi connectivity index (χ1v) is 10.3. The number of nitrogen functional groups attached to an aromatic ring is 1. The van der Waals surface area contributed by atoms with Gasteiger partial charge in [-0.25, -0.2) is 18.2 Å². The molecule has 5 N–H and O–H groups in total. The minimum atomic E-state index is -3.37. The number of aryl methyl sites for hydroxylation is 2. The van der Waals surface area contributed by atoms with Gasteiger partial charge in [0.25, 0.3) is 0 Å². The van der Waals surface area contributed by atoms with E-state index in [1.165, 1.54) is 11.3 Å². The predicted molar refractivity (Wildman–Crippen MR) is 102 cm³/mol. The van der Waals surface area contributed by atoms with E-state index in [0.29, 0.717) is 23.1 Å². The van der Waals surface area contributed by atoms with Crippen LogP contribution in [-0.4, -0.2) is 32.2 Å². The molecule has 0 aliphatic heterocycles. The topological polar surface area (TPSA) is 126 Å². The maximum atomic E-state index is 12.0. The largest absolute Gasteiger partial charge is 0.375 e. The van der Waals surface area contributed by atoms with Gasteiger partial charge < -0.3 is 16.4 Å². The monoisotopic (exact) mass is 383 g/mol. The zero-order valence-electron chi connectivity index (χ0n) is 14.0. The van der Waals surface area contributed by atoms with Crippen LogP contribution in [0, 0.1) is 6.92 Å². The zero-order valence-corrected chi connectivity index (χ0v) is 15.6. The molecule has 2 rings (SSSR count). The number of nitrogens with zero attached hydrogens (tertiary/aromatic N) is 1. The van der Waals surface area contributed by atoms with E-state index >= 15 is 0 Å². The van der Waals surface area contributed by atoms with E-state index in [9.17, 15) is 13.2 Å². The molecule has 0 aliphatic carbocycles. The molecule has 0 aliphatic rings. The Balaban J connectivity index is 1.84. The molecule has 25 heavy (non-hydrogen) atoms. The SMILES string of the molecule is Cc1ccc(NS(C)(=O)=O)cc1NC(=O)NCCCc1csc(N)n1. The summed E-state index contributed by atoms with van der Waals surface area (Å²) in [7, 11) is -3.37. The fraction of sp³-hybridized carbons (Fsp3) is 0.333. The van der Waals surface area contributed by atoms with E-state index < -0.39 is 10.0 Å². The molecule has 2 amide bonds. The van der Waals surface area contributed by atoms with Gasteiger partial charge in [0.05, 0.1) is 17.6 Å². The number of aromatic nitrogens is 1. The van der Waals surface area contributed by atoms with Gasteiger partial charge in [-0.15, -0.1) is 11.3 Å². The highest BCUT2D eigenvalue weighted by Crippen LogP contribution is 2.21. The molecule has 136 valence electrons. The van der Waals surface area contributed by atoms with E-state index in [4.69, 9.17) is 5.73 Å². The van der Waals surface area contributed by atoms with Crippen LogP contribution < -0.4 is 21.1 Å². The van der Waals surface area contributed by atoms with Gasteiger partial charge in [0, 0.05) is 17.6 Å². The van der Waals surface area contributed by atoms with Crippen LogP contribution in [0.4, 0.5) is 21.3 Å². The summed E-state index contributed by atoms with van der Waals surface area (Å²) >= 11 is 1.40. The van der Waals surface area contributed by atoms with E-state index in [2.05, 4.69) is 20.3 Å². The summed E-state index contributed by atoms with van der Waals surface area (Å²) in [5, 5.41) is 7.92. The second-order valence-electron chi connectivity index (χ2n) is 5.57. The predicted octanol–water partition coefficient (Wildman–Crippen LogP) is 2.16. The van der Waals surface area contributed by atoms with Crippen LogP contribution in [0.3, 0.4) is 0 Å². The van der Waals surface area contributed by atoms with Crippen molar-refractivity contribution in [1.82, 2.24) is 10.3 Å². The van der Waals surface area contributed by atoms with Gasteiger partial charge in [0.15, 0.2) is 5.13 Å². The number of nitrogens with one attached hydrogen (secondary N) is 3. The Morgan fingerprint density at radius 1 is 1.36 bits per heavy atom. The maximum Gasteiger partial charge on any atom is 0.319 e. The number of thiazole rings is 1. The molecule has 0 saturated carbocycles. The molecule has 0 unspecified atom stereocenters. The molecule has 1 aromatic heterocycles. The number of nitrogens with two attached hydrogens (primary N) is 1. The van der Waals surface area contributed by atoms with Crippen LogP contribution in [-0.2, 0) is 16.4 Å². The summed E-state index contributed by atoms with van der Waals surface area (Å²) in [6.45, 7) is 2.32. The lowest BCUT2D eigenvalue weighted by molar-refractivity contribution is 0.252. The number of carbonyl (C=O) groups is 1. The fourth-order valence-electron chi connectivity index (χ4n) is 2.11. The second kappa shape index (κ2) is 8.17. The lowest BCUT2D eigenvalue weighted by Crippen LogP contribution is -2.30. The summed E-state index contributed by atoms with van der Waals surface area (Å²) in [5.41, 5.74) is 8.24. The van der Waals surface area contributed by atoms with Crippen molar-refractivity contribution in [2.45, 2.75) is 19.8 Å². The molecule has 0 radical (unpaired) electrons. The Kier molecular flexibility index (Phi) is 6.21. The highest BCUT2D eigenvalue weighted by atomic mass is 32.2. The van der Waals surface area contributed by atoms with Crippen molar-refractivity contribution in [3.63, 3.8) is 0 Å². The summed E-state index contributed by atoms with van der Waals surface area (Å²) in [5.74, 6) is 0. The smallest absolute Gasteiger partial charge is 0.319 e. The van der Waals surface area contributed by atoms with Crippen molar-refractivity contribution >= 4 is 43.9 Å². The van der Waals surface area contributed by atoms with Crippen molar-refractivity contribution in [2.75, 3.05) is 28.6 Å². The Labute approximate surface area is 150 Å². The number of sulfonamides is 1. The minimum Gasteiger partial charge on any atom is -0.375 e. The van der Waals surface area contributed by atoms with Crippen molar-refractivity contribution < 1.29 is 13.2 Å². The van der Waals surface area contributed by atoms with Crippen LogP contribution in [0.2, 0.25) is 0 Å². The lowest BCUT2D eigenvalue weighted by atomic mass is 10.2. The number of anilines is 3. The molecule has 8 nitrogen and oxygen atoms in total. The number of benzene rings is 1. The Bertz CT molecular complexity index is 849. The first-order valence-electron chi connectivity index (χ1n) is 7.56. The molecular formula is C15H21N5O3S2. The van der Waals surface area contributed by atoms with E-state index in [-0.39, 0.29) is 6.03 Å². The number of rotatable bonds is 7. The van der Waals surface area contributed by atoms with E-state index in [0.717, 1.165) is 30.4 Å². The molecule has 0 spiro atoms. The first-order chi connectivity index (χ1) is 11.7. The van der Waals surface area contributed by atoms with E-state index in [1.807, 2.05) is 12.3 Å². The van der Waals surface area contributed by atoms with Gasteiger partial charge in [-0.3, -0.25) is 4.72 Å². The standard InChI is InChI=1S/C15H21N5O3S2/c1-10-5-6-11(20-25(2,22)23)8-13(10)19-15(21)17-7-3-4-12-9-24-14(16)18-12/h5-6,8-9,20H,3-4,7H2,1-2H3,(H2,16,18)(H2,17,19,21). The first kappa shape index (κ1) is 19.0. The Hall–Kier alpha value is -2.33. The summed E-state index contributed by atoms with van der Waals surface area (Å²) in [6, 6.07) is 4.60. The van der Waals surface area contributed by atoms with Crippen LogP contribution in [0.15, 0.2) is 23.6 Å². The number of hydrogen-bond donors (Lipinski definition) is 4. The fourth-order valence-corrected chi connectivity index (χ4v) is 3.26. The van der Waals surface area contributed by atoms with Gasteiger partial charge in [0.1, 0.15) is 0 Å². The van der Waals surface area contributed by atoms with Crippen LogP contribution >= 0.6 is 11.3 Å². The van der Waals surface area contributed by atoms with E-state index in [1.54, 1.807) is 18.2 Å². The minimum absolute atomic E-state index is 0.350. The van der Waals surface area contributed by atoms with Gasteiger partial charge in [0.2, 0.25) is 10.0 Å². The number of carbonyl (C=O) groups excluding carboxylic acids is 1. The quantitative estimate of drug-likeness (QED) is 0.545. The number of amides is 2. The Morgan fingerprint density at radius 2 is 2.12 bits per heavy atom. The van der Waals surface area contributed by atoms with Crippen molar-refractivity contribution in [3.8, 4) is 0 Å². The average molecular weight is 383 g/mol. The van der Waals surface area contributed by atoms with Gasteiger partial charge in [-0.05, 0) is 37.5 Å². The molecule has 0 atom stereocenters. The molecule has 0 saturated heterocycles. The molecule has 2 aromatic rings. The number of hydrogen-bond acceptors (Lipinski definition) is 6. The average Bonchev–Trinajstić information content (AvgIpc) is 2.91. The molecular weight excluding hydrogens is 362 g/mol. The summed E-state index contributed by atoms with van der Waals surface area (Å²) in [6.07, 6.45) is 2.55. The molecule has 0 bridgehead atoms. The van der Waals surface area contributed by atoms with Crippen LogP contribution in [0.5, 0.6) is 0 Å². The number of urea groups is 1. The van der Waals surface area contributed by atoms with Gasteiger partial charge in [-0.2, -0.15) is 0 Å². The zero-order chi connectivity index (χ0) is 18.4. The van der Waals surface area contributed by atoms with Gasteiger partial charge in [-0.1, -0.05) is 6.07 Å². The third kappa shape index (κ3) is 6.59. The van der Waals surface area contributed by atoms with Crippen molar-refractivity contribution in [2.24, 2.45) is 0 Å². The molecule has 1 aromatic carbocycles. The van der Waals surface area contributed by atoms with Crippen molar-refractivity contribution in [1.29, 1.82) is 0 Å². The summed E-state index contributed by atoms with van der Waals surface area (Å²) in [4.78, 5) is 16.1. The lowest BCUT2D eigenvalue weighted by Gasteiger charge is -2.12. The third-order valence-electron chi connectivity index (χ3n) is 3.25. The van der Waals surface area contributed by atoms with Gasteiger partial charge >= 0.3 is 6.03 Å². The Morgan fingerprint density at radius 3 is 2.76 bits per heavy atom.